The molecule has 2 aromatic rings. The Kier molecular flexibility index (Phi) is 27.4. The number of guanidine groups is 1. The number of allylic oxidation sites excluding steroid dienone is 5. The van der Waals surface area contributed by atoms with Crippen molar-refractivity contribution in [2.45, 2.75) is 166 Å². The number of ketones is 2. The third kappa shape index (κ3) is 19.8. The van der Waals surface area contributed by atoms with Gasteiger partial charge >= 0.3 is 6.09 Å². The van der Waals surface area contributed by atoms with Gasteiger partial charge in [-0.25, -0.2) is 9.79 Å². The van der Waals surface area contributed by atoms with Crippen LogP contribution in [0, 0.1) is 17.8 Å². The van der Waals surface area contributed by atoms with Crippen molar-refractivity contribution in [1.82, 2.24) is 41.3 Å². The van der Waals surface area contributed by atoms with Gasteiger partial charge in [0.1, 0.15) is 6.10 Å². The van der Waals surface area contributed by atoms with Gasteiger partial charge in [0.05, 0.1) is 47.3 Å². The first-order valence-electron chi connectivity index (χ1n) is 35.2. The first-order valence-corrected chi connectivity index (χ1v) is 39.3. The van der Waals surface area contributed by atoms with E-state index in [2.05, 4.69) is 124 Å². The van der Waals surface area contributed by atoms with E-state index >= 15 is 0 Å². The molecule has 99 heavy (non-hydrogen) atoms. The van der Waals surface area contributed by atoms with Crippen molar-refractivity contribution in [2.24, 2.45) is 28.5 Å². The number of amides is 5. The second-order valence-electron chi connectivity index (χ2n) is 28.3. The average molecular weight is 1420 g/mol. The Hall–Kier alpha value is -7.00. The first kappa shape index (κ1) is 76.2. The Morgan fingerprint density at radius 1 is 0.828 bits per heavy atom. The summed E-state index contributed by atoms with van der Waals surface area (Å²) in [4.78, 5) is 105. The lowest BCUT2D eigenvalue weighted by molar-refractivity contribution is -0.138. The standard InChI is InChI=1S/C74H104N10O12S2Si/c1-47-37-57-66(59(85)41-58(68(57)89)81-70(90)48(2)19-16-24-60(93-8)69(96-72(75)92)50(4)39-49(3)67(88)61(38-47)94-9)77-31-18-30-76-64(86)25-17-32-84-65(87)42-62(71(84)91)98-46-54-28-34-82-33-26-51(40-63(82)78-54)44-97-45-53-29-36-83-35-27-52(79-73(83)80-53)43-95-99(74(5,6)7,55-20-12-10-13-21-55)56-22-14-11-15-23-56/h10-16,19-24,39-41,47,49,51-54,60-62,67,69,77-78,88H,17-18,25-38,42-46H2,1-9H3,(H2,75,92)(H,76,86)(H,79,80)(H,81,90)/b24-16-,48-19-,50-39-/t47-,49+,51-,52-,53-,54-,60+,61+,62?,67-,69+/m1/s1. The highest BCUT2D eigenvalue weighted by Crippen LogP contribution is 2.38. The van der Waals surface area contributed by atoms with Crippen LogP contribution in [0.4, 0.5) is 4.79 Å². The number of methoxy groups -OCH3 is 2. The number of carbonyl (C=O) groups excluding carboxylic acids is 7. The summed E-state index contributed by atoms with van der Waals surface area (Å²) in [6, 6.07) is 22.2. The number of Topliss-reactive ketones (excluding diaryl/α,β-unsaturated/α-hetero) is 1. The number of nitrogens with two attached hydrogens (primary N) is 1. The molecule has 11 atom stereocenters. The smallest absolute Gasteiger partial charge is 0.405 e. The molecule has 0 spiro atoms. The summed E-state index contributed by atoms with van der Waals surface area (Å²) in [7, 11) is 0.224. The van der Waals surface area contributed by atoms with Crippen LogP contribution in [0.1, 0.15) is 113 Å². The van der Waals surface area contributed by atoms with Gasteiger partial charge in [-0.1, -0.05) is 120 Å². The summed E-state index contributed by atoms with van der Waals surface area (Å²) in [6.07, 6.45) is 10.6. The molecular formula is C74H104N10O12S2Si. The maximum absolute atomic E-state index is 14.2. The fourth-order valence-corrected chi connectivity index (χ4v) is 21.4. The highest BCUT2D eigenvalue weighted by molar-refractivity contribution is 8.00. The van der Waals surface area contributed by atoms with E-state index in [0.717, 1.165) is 75.4 Å². The molecule has 5 amide bonds. The zero-order chi connectivity index (χ0) is 71.0. The van der Waals surface area contributed by atoms with Gasteiger partial charge in [-0.3, -0.25) is 33.7 Å². The second-order valence-corrected chi connectivity index (χ2v) is 34.9. The van der Waals surface area contributed by atoms with E-state index in [1.54, 1.807) is 26.0 Å². The molecule has 7 aliphatic rings. The molecule has 0 aromatic heterocycles. The van der Waals surface area contributed by atoms with Crippen LogP contribution in [0.2, 0.25) is 5.04 Å². The number of hydrogen-bond acceptors (Lipinski definition) is 20. The molecule has 1 aliphatic carbocycles. The van der Waals surface area contributed by atoms with Crippen LogP contribution in [0.3, 0.4) is 0 Å². The lowest BCUT2D eigenvalue weighted by Crippen LogP contribution is -2.67. The second kappa shape index (κ2) is 35.5. The normalized spacial score (nSPS) is 28.1. The maximum atomic E-state index is 14.2. The van der Waals surface area contributed by atoms with Crippen molar-refractivity contribution >= 4 is 89.5 Å². The fraction of sp³-hybridized carbons (Fsp3) is 0.568. The SMILES string of the molecule is CO[C@H]1/C=C\C=C(\C)C(=O)NC2=CC(=O)C(NCCCNC(=O)CCCN3C(=O)CC(SC[C@H]4CCN5CC[C@@H](CSC[C@H]6CCN7CC[C@H](CO[Si](c8ccccc8)(c8ccccc8)C(C)(C)C)N=C7N6)C=C5N4)C3=O)=C(C[C@@H](C)C[C@H](OC)[C@H](O)[C@@H](C)/C=C(/C)[C@@H]1OC(N)=O)C2=O. The molecule has 3 saturated heterocycles. The number of aliphatic hydroxyl groups is 1. The highest BCUT2D eigenvalue weighted by Gasteiger charge is 2.51. The van der Waals surface area contributed by atoms with E-state index in [0.29, 0.717) is 42.7 Å². The Balaban J connectivity index is 0.696. The van der Waals surface area contributed by atoms with Gasteiger partial charge in [0.2, 0.25) is 29.3 Å². The Morgan fingerprint density at radius 2 is 1.52 bits per heavy atom. The summed E-state index contributed by atoms with van der Waals surface area (Å²) < 4.78 is 24.2. The largest absolute Gasteiger partial charge is 0.439 e. The predicted molar refractivity (Wildman–Crippen MR) is 391 cm³/mol. The first-order chi connectivity index (χ1) is 47.5. The van der Waals surface area contributed by atoms with Crippen LogP contribution in [0.25, 0.3) is 0 Å². The quantitative estimate of drug-likeness (QED) is 0.0205. The van der Waals surface area contributed by atoms with Gasteiger partial charge in [-0.2, -0.15) is 11.8 Å². The number of nitrogens with zero attached hydrogens (tertiary/aromatic N) is 4. The van der Waals surface area contributed by atoms with Crippen molar-refractivity contribution in [3.05, 3.63) is 131 Å². The van der Waals surface area contributed by atoms with E-state index < -0.39 is 67.5 Å². The van der Waals surface area contributed by atoms with Crippen LogP contribution in [0.5, 0.6) is 0 Å². The summed E-state index contributed by atoms with van der Waals surface area (Å²) in [5, 5.41) is 29.8. The van der Waals surface area contributed by atoms with Gasteiger partial charge in [-0.15, -0.1) is 11.8 Å². The molecule has 25 heteroatoms. The number of aliphatic imine (C=N–C) groups is 1. The van der Waals surface area contributed by atoms with Gasteiger partial charge < -0.3 is 65.9 Å². The zero-order valence-electron chi connectivity index (χ0n) is 59.1. The van der Waals surface area contributed by atoms with Gasteiger partial charge in [0.15, 0.2) is 12.1 Å². The van der Waals surface area contributed by atoms with Crippen molar-refractivity contribution in [2.75, 3.05) is 83.9 Å². The van der Waals surface area contributed by atoms with Crippen LogP contribution in [0.15, 0.2) is 136 Å². The lowest BCUT2D eigenvalue weighted by Gasteiger charge is -2.44. The van der Waals surface area contributed by atoms with Crippen molar-refractivity contribution in [1.29, 1.82) is 0 Å². The zero-order valence-corrected chi connectivity index (χ0v) is 61.7. The lowest BCUT2D eigenvalue weighted by atomic mass is 9.85. The summed E-state index contributed by atoms with van der Waals surface area (Å²) >= 11 is 3.55. The molecule has 2 aromatic carbocycles. The number of carbonyl (C=O) groups is 7. The number of fused-ring (bicyclic) bond motifs is 4. The molecule has 1 unspecified atom stereocenters. The molecular weight excluding hydrogens is 1310 g/mol. The van der Waals surface area contributed by atoms with E-state index in [9.17, 15) is 38.7 Å². The highest BCUT2D eigenvalue weighted by atomic mass is 32.2. The van der Waals surface area contributed by atoms with Crippen LogP contribution in [-0.2, 0) is 47.4 Å². The number of primary amides is 1. The number of imide groups is 1. The molecule has 22 nitrogen and oxygen atoms in total. The molecule has 8 N–H and O–H groups in total. The van der Waals surface area contributed by atoms with Gasteiger partial charge in [0.25, 0.3) is 14.2 Å². The minimum absolute atomic E-state index is 0.0730. The number of rotatable bonds is 24. The van der Waals surface area contributed by atoms with Crippen LogP contribution in [-0.4, -0.2) is 207 Å². The number of hydrogen-bond donors (Lipinski definition) is 7. The van der Waals surface area contributed by atoms with E-state index in [4.69, 9.17) is 29.4 Å². The van der Waals surface area contributed by atoms with E-state index in [1.807, 2.05) is 18.7 Å². The summed E-state index contributed by atoms with van der Waals surface area (Å²) in [6.45, 7) is 19.0. The van der Waals surface area contributed by atoms with Crippen molar-refractivity contribution in [3.63, 3.8) is 0 Å². The van der Waals surface area contributed by atoms with Gasteiger partial charge in [0, 0.05) is 120 Å². The molecule has 3 fully saturated rings. The number of nitrogens with one attached hydrogen (secondary N) is 5. The minimum Gasteiger partial charge on any atom is -0.439 e. The fourth-order valence-electron chi connectivity index (χ4n) is 14.4. The summed E-state index contributed by atoms with van der Waals surface area (Å²) in [5.74, 6) is 2.16. The molecule has 6 heterocycles. The molecule has 0 saturated carbocycles. The Morgan fingerprint density at radius 3 is 2.20 bits per heavy atom. The number of likely N-dealkylation sites (tertiary alicyclic amines) is 1. The third-order valence-electron chi connectivity index (χ3n) is 19.8. The van der Waals surface area contributed by atoms with Gasteiger partial charge in [-0.05, 0) is 110 Å². The van der Waals surface area contributed by atoms with Crippen molar-refractivity contribution < 1.29 is 57.3 Å². The van der Waals surface area contributed by atoms with Crippen molar-refractivity contribution in [3.8, 4) is 0 Å². The number of aliphatic hydroxyl groups excluding tert-OH is 1. The average Bonchev–Trinajstić information content (AvgIpc) is 1.21. The van der Waals surface area contributed by atoms with Crippen LogP contribution >= 0.6 is 23.5 Å². The third-order valence-corrected chi connectivity index (χ3v) is 27.5. The molecule has 0 radical (unpaired) electrons. The molecule has 2 bridgehead atoms. The molecule has 538 valence electrons. The van der Waals surface area contributed by atoms with Crippen LogP contribution < -0.4 is 42.7 Å². The summed E-state index contributed by atoms with van der Waals surface area (Å²) in [5.41, 5.74) is 6.22. The Bertz CT molecular complexity index is 3390. The van der Waals surface area contributed by atoms with E-state index in [-0.39, 0.29) is 109 Å². The Labute approximate surface area is 593 Å². The number of ether oxygens (including phenoxy) is 3. The number of thioether (sulfide) groups is 2. The monoisotopic (exact) mass is 1420 g/mol. The topological polar surface area (TPSA) is 285 Å². The molecule has 6 aliphatic heterocycles. The maximum Gasteiger partial charge on any atom is 0.405 e. The molecule has 9 rings (SSSR count). The minimum atomic E-state index is -2.67. The predicted octanol–water partition coefficient (Wildman–Crippen LogP) is 6.13. The van der Waals surface area contributed by atoms with E-state index in [1.165, 1.54) is 66.2 Å². The number of benzene rings is 2.